The Kier molecular flexibility index (Phi) is 5.35. The van der Waals surface area contributed by atoms with E-state index in [-0.39, 0.29) is 5.69 Å². The molecule has 0 radical (unpaired) electrons. The number of pyridine rings is 1. The van der Waals surface area contributed by atoms with Crippen molar-refractivity contribution in [1.82, 2.24) is 19.7 Å². The number of hydrogen-bond donors (Lipinski definition) is 1. The highest BCUT2D eigenvalue weighted by Gasteiger charge is 2.19. The Bertz CT molecular complexity index is 798. The third-order valence-electron chi connectivity index (χ3n) is 5.09. The maximum Gasteiger partial charge on any atom is 0.354 e. The monoisotopic (exact) mass is 371 g/mol. The van der Waals surface area contributed by atoms with Gasteiger partial charge in [0.15, 0.2) is 0 Å². The fourth-order valence-electron chi connectivity index (χ4n) is 3.74. The summed E-state index contributed by atoms with van der Waals surface area (Å²) in [4.78, 5) is 19.7. The highest BCUT2D eigenvalue weighted by atomic mass is 16.5. The smallest absolute Gasteiger partial charge is 0.354 e. The minimum Gasteiger partial charge on any atom is -0.477 e. The number of anilines is 1. The quantitative estimate of drug-likeness (QED) is 0.874. The van der Waals surface area contributed by atoms with Gasteiger partial charge in [-0.2, -0.15) is 5.10 Å². The summed E-state index contributed by atoms with van der Waals surface area (Å²) in [5.74, 6) is -1.000. The molecule has 2 aromatic rings. The molecule has 0 unspecified atom stereocenters. The van der Waals surface area contributed by atoms with Gasteiger partial charge in [-0.15, -0.1) is 0 Å². The second-order valence-corrected chi connectivity index (χ2v) is 7.07. The summed E-state index contributed by atoms with van der Waals surface area (Å²) in [6.07, 6.45) is 3.60. The fourth-order valence-corrected chi connectivity index (χ4v) is 3.74. The second-order valence-electron chi connectivity index (χ2n) is 7.07. The van der Waals surface area contributed by atoms with Gasteiger partial charge in [0.25, 0.3) is 0 Å². The Morgan fingerprint density at radius 2 is 2.07 bits per heavy atom. The van der Waals surface area contributed by atoms with Crippen molar-refractivity contribution < 1.29 is 14.6 Å². The molecule has 0 bridgehead atoms. The number of nitrogens with zero attached hydrogens (tertiary/aromatic N) is 5. The van der Waals surface area contributed by atoms with E-state index >= 15 is 0 Å². The first kappa shape index (κ1) is 17.9. The number of hydrogen-bond acceptors (Lipinski definition) is 6. The molecule has 8 heteroatoms. The van der Waals surface area contributed by atoms with Crippen molar-refractivity contribution in [2.24, 2.45) is 0 Å². The van der Waals surface area contributed by atoms with Crippen LogP contribution >= 0.6 is 0 Å². The van der Waals surface area contributed by atoms with E-state index in [9.17, 15) is 9.90 Å². The van der Waals surface area contributed by atoms with Gasteiger partial charge in [-0.3, -0.25) is 9.58 Å². The van der Waals surface area contributed by atoms with E-state index in [2.05, 4.69) is 25.5 Å². The molecule has 0 amide bonds. The van der Waals surface area contributed by atoms with Gasteiger partial charge in [0.1, 0.15) is 5.69 Å². The summed E-state index contributed by atoms with van der Waals surface area (Å²) < 4.78 is 7.63. The van der Waals surface area contributed by atoms with Gasteiger partial charge in [-0.05, 0) is 31.0 Å². The van der Waals surface area contributed by atoms with E-state index in [1.807, 2.05) is 6.07 Å². The number of aromatic nitrogens is 3. The molecule has 4 rings (SSSR count). The summed E-state index contributed by atoms with van der Waals surface area (Å²) in [6.45, 7) is 6.94. The van der Waals surface area contributed by atoms with Crippen LogP contribution in [0.25, 0.3) is 0 Å². The number of ether oxygens (including phenoxy) is 1. The second kappa shape index (κ2) is 8.06. The molecule has 0 spiro atoms. The van der Waals surface area contributed by atoms with Crippen molar-refractivity contribution in [2.45, 2.75) is 32.5 Å². The number of carbonyl (C=O) groups is 1. The Labute approximate surface area is 158 Å². The van der Waals surface area contributed by atoms with Gasteiger partial charge in [0.05, 0.1) is 24.5 Å². The molecule has 1 saturated heterocycles. The van der Waals surface area contributed by atoms with Gasteiger partial charge in [0.2, 0.25) is 0 Å². The van der Waals surface area contributed by atoms with Gasteiger partial charge < -0.3 is 14.7 Å². The molecule has 2 aliphatic heterocycles. The largest absolute Gasteiger partial charge is 0.477 e. The van der Waals surface area contributed by atoms with E-state index in [0.717, 1.165) is 76.7 Å². The van der Waals surface area contributed by atoms with Crippen molar-refractivity contribution in [1.29, 1.82) is 0 Å². The third-order valence-corrected chi connectivity index (χ3v) is 5.09. The van der Waals surface area contributed by atoms with Crippen LogP contribution in [0.3, 0.4) is 0 Å². The predicted molar refractivity (Wildman–Crippen MR) is 99.8 cm³/mol. The van der Waals surface area contributed by atoms with Crippen LogP contribution in [-0.4, -0.2) is 63.6 Å². The maximum atomic E-state index is 11.2. The molecule has 0 aliphatic carbocycles. The Morgan fingerprint density at radius 3 is 2.96 bits per heavy atom. The van der Waals surface area contributed by atoms with Gasteiger partial charge >= 0.3 is 5.97 Å². The van der Waals surface area contributed by atoms with Crippen LogP contribution in [0.4, 0.5) is 5.69 Å². The van der Waals surface area contributed by atoms with Crippen LogP contribution in [0.2, 0.25) is 0 Å². The lowest BCUT2D eigenvalue weighted by atomic mass is 10.2. The SMILES string of the molecule is O=C(O)c1cc(N2CCCn3nc(CN4CCCOCC4)cc3C2)ccn1. The number of carboxylic acids is 1. The van der Waals surface area contributed by atoms with Crippen molar-refractivity contribution in [3.63, 3.8) is 0 Å². The first-order valence-corrected chi connectivity index (χ1v) is 9.49. The molecular formula is C19H25N5O3. The van der Waals surface area contributed by atoms with Gasteiger partial charge in [0, 0.05) is 51.2 Å². The molecular weight excluding hydrogens is 346 g/mol. The van der Waals surface area contributed by atoms with Crippen LogP contribution in [0.15, 0.2) is 24.4 Å². The average molecular weight is 371 g/mol. The van der Waals surface area contributed by atoms with E-state index < -0.39 is 5.97 Å². The van der Waals surface area contributed by atoms with Crippen molar-refractivity contribution >= 4 is 11.7 Å². The highest BCUT2D eigenvalue weighted by Crippen LogP contribution is 2.22. The molecule has 1 fully saturated rings. The minimum atomic E-state index is -1.000. The van der Waals surface area contributed by atoms with Crippen LogP contribution in [-0.2, 0) is 24.4 Å². The van der Waals surface area contributed by atoms with Crippen molar-refractivity contribution in [3.05, 3.63) is 41.5 Å². The van der Waals surface area contributed by atoms with E-state index in [1.165, 1.54) is 5.69 Å². The number of carboxylic acid groups (broad SMARTS) is 1. The standard InChI is InChI=1S/C19H25N5O3/c25-19(26)18-12-16(3-4-20-18)23-6-1-7-24-17(14-23)11-15(21-24)13-22-5-2-9-27-10-8-22/h3-4,11-12H,1-2,5-10,13-14H2,(H,25,26). The lowest BCUT2D eigenvalue weighted by Gasteiger charge is -2.22. The molecule has 8 nitrogen and oxygen atoms in total. The van der Waals surface area contributed by atoms with Crippen molar-refractivity contribution in [3.8, 4) is 0 Å². The Balaban J connectivity index is 1.49. The van der Waals surface area contributed by atoms with Crippen molar-refractivity contribution in [2.75, 3.05) is 37.7 Å². The lowest BCUT2D eigenvalue weighted by Crippen LogP contribution is -2.26. The zero-order valence-electron chi connectivity index (χ0n) is 15.4. The average Bonchev–Trinajstić information content (AvgIpc) is 2.84. The summed E-state index contributed by atoms with van der Waals surface area (Å²) in [5.41, 5.74) is 3.23. The first-order chi connectivity index (χ1) is 13.2. The van der Waals surface area contributed by atoms with E-state index in [0.29, 0.717) is 0 Å². The van der Waals surface area contributed by atoms with Crippen LogP contribution in [0.5, 0.6) is 0 Å². The highest BCUT2D eigenvalue weighted by molar-refractivity contribution is 5.86. The molecule has 0 aromatic carbocycles. The maximum absolute atomic E-state index is 11.2. The third kappa shape index (κ3) is 4.28. The lowest BCUT2D eigenvalue weighted by molar-refractivity contribution is 0.0690. The Morgan fingerprint density at radius 1 is 1.15 bits per heavy atom. The molecule has 27 heavy (non-hydrogen) atoms. The fraction of sp³-hybridized carbons (Fsp3) is 0.526. The summed E-state index contributed by atoms with van der Waals surface area (Å²) >= 11 is 0. The number of aryl methyl sites for hydroxylation is 1. The molecule has 4 heterocycles. The normalized spacial score (nSPS) is 18.6. The molecule has 144 valence electrons. The molecule has 2 aliphatic rings. The zero-order chi connectivity index (χ0) is 18.6. The van der Waals surface area contributed by atoms with Gasteiger partial charge in [-0.25, -0.2) is 9.78 Å². The number of fused-ring (bicyclic) bond motifs is 1. The molecule has 0 atom stereocenters. The number of rotatable bonds is 4. The van der Waals surface area contributed by atoms with Crippen LogP contribution in [0, 0.1) is 0 Å². The van der Waals surface area contributed by atoms with Crippen LogP contribution in [0.1, 0.15) is 34.7 Å². The Hall–Kier alpha value is -2.45. The summed E-state index contributed by atoms with van der Waals surface area (Å²) in [5, 5.41) is 14.0. The summed E-state index contributed by atoms with van der Waals surface area (Å²) in [6, 6.07) is 5.70. The minimum absolute atomic E-state index is 0.0781. The molecule has 2 aromatic heterocycles. The summed E-state index contributed by atoms with van der Waals surface area (Å²) in [7, 11) is 0. The zero-order valence-corrected chi connectivity index (χ0v) is 15.4. The topological polar surface area (TPSA) is 83.7 Å². The van der Waals surface area contributed by atoms with E-state index in [1.54, 1.807) is 12.3 Å². The molecule has 1 N–H and O–H groups in total. The van der Waals surface area contributed by atoms with Gasteiger partial charge in [-0.1, -0.05) is 0 Å². The molecule has 0 saturated carbocycles. The van der Waals surface area contributed by atoms with E-state index in [4.69, 9.17) is 9.84 Å². The number of aromatic carboxylic acids is 1. The first-order valence-electron chi connectivity index (χ1n) is 9.49. The predicted octanol–water partition coefficient (Wildman–Crippen LogP) is 1.61. The van der Waals surface area contributed by atoms with Crippen LogP contribution < -0.4 is 4.90 Å².